The van der Waals surface area contributed by atoms with Gasteiger partial charge in [0.1, 0.15) is 16.1 Å². The Morgan fingerprint density at radius 2 is 0.633 bits per heavy atom. The molecule has 0 saturated heterocycles. The molecular formula is C42H40Cl2N2NiSi2. The number of hydrogen-bond donors (Lipinski definition) is 0. The van der Waals surface area contributed by atoms with Crippen molar-refractivity contribution in [1.29, 1.82) is 0 Å². The Kier molecular flexibility index (Phi) is 12.8. The van der Waals surface area contributed by atoms with Crippen LogP contribution in [0.3, 0.4) is 0 Å². The van der Waals surface area contributed by atoms with Crippen LogP contribution in [0.4, 0.5) is 11.4 Å². The van der Waals surface area contributed by atoms with Crippen molar-refractivity contribution in [2.24, 2.45) is 9.98 Å². The normalized spacial score (nSPS) is 12.3. The monoisotopic (exact) mass is 756 g/mol. The van der Waals surface area contributed by atoms with Gasteiger partial charge in [0.2, 0.25) is 0 Å². The van der Waals surface area contributed by atoms with Crippen LogP contribution in [0, 0.1) is 0 Å². The average Bonchev–Trinajstić information content (AvgIpc) is 3.16. The summed E-state index contributed by atoms with van der Waals surface area (Å²) in [5.41, 5.74) is 3.86. The molecular weight excluding hydrogens is 718 g/mol. The van der Waals surface area contributed by atoms with E-state index < -0.39 is 16.1 Å². The first-order valence-corrected chi connectivity index (χ1v) is 23.9. The minimum absolute atomic E-state index is 0.569. The van der Waals surface area contributed by atoms with Crippen molar-refractivity contribution in [3.63, 3.8) is 0 Å². The molecule has 0 saturated carbocycles. The van der Waals surface area contributed by atoms with Crippen molar-refractivity contribution in [3.8, 4) is 0 Å². The predicted molar refractivity (Wildman–Crippen MR) is 217 cm³/mol. The quantitative estimate of drug-likeness (QED) is 0.0809. The molecule has 2 nitrogen and oxygen atoms in total. The Bertz CT molecular complexity index is 1780. The Morgan fingerprint density at radius 1 is 0.408 bits per heavy atom. The zero-order valence-corrected chi connectivity index (χ0v) is 32.6. The molecule has 0 aromatic heterocycles. The summed E-state index contributed by atoms with van der Waals surface area (Å²) in [6, 6.07) is 61.1. The van der Waals surface area contributed by atoms with Crippen LogP contribution in [-0.4, -0.2) is 27.6 Å². The molecule has 0 aliphatic heterocycles. The van der Waals surface area contributed by atoms with Crippen molar-refractivity contribution < 1.29 is 12.7 Å². The zero-order chi connectivity index (χ0) is 34.7. The van der Waals surface area contributed by atoms with E-state index in [9.17, 15) is 0 Å². The summed E-state index contributed by atoms with van der Waals surface area (Å²) >= 11 is 0.569. The fourth-order valence-electron chi connectivity index (χ4n) is 6.55. The summed E-state index contributed by atoms with van der Waals surface area (Å²) in [6.45, 7) is 9.06. The van der Waals surface area contributed by atoms with Crippen LogP contribution in [0.25, 0.3) is 0 Å². The van der Waals surface area contributed by atoms with E-state index in [1.807, 2.05) is 0 Å². The second-order valence-corrected chi connectivity index (χ2v) is 21.7. The van der Waals surface area contributed by atoms with Gasteiger partial charge in [-0.25, -0.2) is 0 Å². The zero-order valence-electron chi connectivity index (χ0n) is 28.1. The summed E-state index contributed by atoms with van der Waals surface area (Å²) in [7, 11) is 4.71. The fourth-order valence-corrected chi connectivity index (χ4v) is 14.1. The van der Waals surface area contributed by atoms with Crippen LogP contribution in [0.5, 0.6) is 0 Å². The van der Waals surface area contributed by atoms with Gasteiger partial charge < -0.3 is 0 Å². The van der Waals surface area contributed by atoms with Gasteiger partial charge in [0, 0.05) is 0 Å². The molecule has 0 atom stereocenters. The van der Waals surface area contributed by atoms with Gasteiger partial charge in [-0.15, -0.1) is 0 Å². The Morgan fingerprint density at radius 3 is 0.898 bits per heavy atom. The van der Waals surface area contributed by atoms with Crippen LogP contribution in [0.15, 0.2) is 180 Å². The van der Waals surface area contributed by atoms with Crippen molar-refractivity contribution in [1.82, 2.24) is 0 Å². The first-order valence-electron chi connectivity index (χ1n) is 16.2. The summed E-state index contributed by atoms with van der Waals surface area (Å²) < 4.78 is 0. The number of para-hydroxylation sites is 2. The first kappa shape index (κ1) is 36.4. The number of nitrogens with zero attached hydrogens (tertiary/aromatic N) is 2. The molecule has 6 aromatic carbocycles. The van der Waals surface area contributed by atoms with Crippen LogP contribution in [0.2, 0.25) is 13.1 Å². The summed E-state index contributed by atoms with van der Waals surface area (Å²) in [4.78, 5) is 10.6. The molecule has 0 aliphatic carbocycles. The van der Waals surface area contributed by atoms with E-state index in [4.69, 9.17) is 30.4 Å². The molecule has 0 unspecified atom stereocenters. The van der Waals surface area contributed by atoms with E-state index in [2.05, 4.69) is 197 Å². The number of hydrogen-bond acceptors (Lipinski definition) is 2. The fraction of sp³-hybridized carbons (Fsp3) is 0.0952. The summed E-state index contributed by atoms with van der Waals surface area (Å²) in [5.74, 6) is 0. The molecule has 0 bridgehead atoms. The van der Waals surface area contributed by atoms with Crippen molar-refractivity contribution >= 4 is 90.5 Å². The third-order valence-corrected chi connectivity index (χ3v) is 18.3. The first-order chi connectivity index (χ1) is 23.8. The van der Waals surface area contributed by atoms with Gasteiger partial charge in [0.15, 0.2) is 0 Å². The second-order valence-electron chi connectivity index (χ2n) is 12.2. The van der Waals surface area contributed by atoms with Crippen molar-refractivity contribution in [2.75, 3.05) is 0 Å². The van der Waals surface area contributed by atoms with Gasteiger partial charge in [0.25, 0.3) is 0 Å². The standard InChI is InChI=1S/C42H40N2Si2.2ClH.Ni/c1-33(43-39-29-17-19-31-41(39)45(3,35-21-9-5-10-22-35)36-23-11-6-12-24-36)34(2)44-40-30-18-20-32-42(40)46(4,37-25-13-7-14-26-37)38-27-15-8-16-28-38;;;/h5-32H,1-4H3;2*1H;/q;;;+2/p-2. The minimum atomic E-state index is -2.35. The number of aliphatic imine (C=N–C) groups is 2. The molecule has 6 aromatic rings. The Hall–Kier alpha value is -3.83. The summed E-state index contributed by atoms with van der Waals surface area (Å²) in [6.07, 6.45) is 0. The van der Waals surface area contributed by atoms with Gasteiger partial charge in [-0.1, -0.05) is 171 Å². The second kappa shape index (κ2) is 17.2. The average molecular weight is 759 g/mol. The van der Waals surface area contributed by atoms with Crippen LogP contribution in [0.1, 0.15) is 13.8 Å². The maximum atomic E-state index is 5.31. The number of halogens is 2. The molecule has 0 spiro atoms. The predicted octanol–water partition coefficient (Wildman–Crippen LogP) is 8.15. The Labute approximate surface area is 308 Å². The molecule has 7 heteroatoms. The van der Waals surface area contributed by atoms with Crippen LogP contribution in [-0.2, 0) is 12.7 Å². The molecule has 6 rings (SSSR count). The molecule has 0 N–H and O–H groups in total. The molecule has 0 fully saturated rings. The molecule has 250 valence electrons. The van der Waals surface area contributed by atoms with Crippen LogP contribution < -0.4 is 31.1 Å². The maximum absolute atomic E-state index is 5.31. The summed E-state index contributed by atoms with van der Waals surface area (Å²) in [5, 5.41) is 8.07. The van der Waals surface area contributed by atoms with Crippen molar-refractivity contribution in [3.05, 3.63) is 170 Å². The van der Waals surface area contributed by atoms with Gasteiger partial charge in [-0.3, -0.25) is 9.98 Å². The van der Waals surface area contributed by atoms with E-state index in [0.717, 1.165) is 22.8 Å². The van der Waals surface area contributed by atoms with E-state index in [1.54, 1.807) is 0 Å². The van der Waals surface area contributed by atoms with E-state index >= 15 is 0 Å². The van der Waals surface area contributed by atoms with Gasteiger partial charge in [0.05, 0.1) is 22.8 Å². The van der Waals surface area contributed by atoms with Crippen LogP contribution >= 0.6 is 20.4 Å². The molecule has 49 heavy (non-hydrogen) atoms. The molecule has 0 heterocycles. The molecule has 0 radical (unpaired) electrons. The Balaban J connectivity index is 0.00000151. The van der Waals surface area contributed by atoms with Gasteiger partial charge >= 0.3 is 33.0 Å². The number of rotatable bonds is 9. The van der Waals surface area contributed by atoms with E-state index in [1.165, 1.54) is 31.1 Å². The van der Waals surface area contributed by atoms with E-state index in [-0.39, 0.29) is 0 Å². The third kappa shape index (κ3) is 8.15. The number of benzene rings is 6. The third-order valence-electron chi connectivity index (χ3n) is 9.39. The molecule has 0 amide bonds. The van der Waals surface area contributed by atoms with Crippen molar-refractivity contribution in [2.45, 2.75) is 26.9 Å². The molecule has 0 aliphatic rings. The van der Waals surface area contributed by atoms with Gasteiger partial charge in [-0.2, -0.15) is 0 Å². The topological polar surface area (TPSA) is 24.7 Å². The van der Waals surface area contributed by atoms with Gasteiger partial charge in [-0.05, 0) is 57.1 Å². The van der Waals surface area contributed by atoms with E-state index in [0.29, 0.717) is 12.7 Å². The SMILES string of the molecule is CC(=Nc1ccccc1[Si](C)(c1ccccc1)c1ccccc1)C(C)=Nc1ccccc1[Si](C)(c1ccccc1)c1ccccc1.[Cl][Ni][Cl].